The summed E-state index contributed by atoms with van der Waals surface area (Å²) in [5, 5.41) is 0. The van der Waals surface area contributed by atoms with Gasteiger partial charge in [0.05, 0.1) is 10.9 Å². The van der Waals surface area contributed by atoms with Crippen LogP contribution >= 0.6 is 0 Å². The van der Waals surface area contributed by atoms with Gasteiger partial charge >= 0.3 is 0 Å². The zero-order valence-corrected chi connectivity index (χ0v) is 18.1. The first-order chi connectivity index (χ1) is 14.0. The number of nitrogens with zero attached hydrogens (tertiary/aromatic N) is 1. The van der Waals surface area contributed by atoms with E-state index in [1.807, 2.05) is 37.3 Å². The number of aryl methyl sites for hydroxylation is 1. The van der Waals surface area contributed by atoms with Gasteiger partial charge in [-0.15, -0.1) is 0 Å². The van der Waals surface area contributed by atoms with E-state index in [0.29, 0.717) is 16.9 Å². The van der Waals surface area contributed by atoms with Crippen molar-refractivity contribution >= 4 is 10.0 Å². The Morgan fingerprint density at radius 3 is 2.24 bits per heavy atom. The van der Waals surface area contributed by atoms with Crippen molar-refractivity contribution in [2.24, 2.45) is 5.92 Å². The van der Waals surface area contributed by atoms with E-state index < -0.39 is 10.0 Å². The van der Waals surface area contributed by atoms with Crippen molar-refractivity contribution in [3.05, 3.63) is 65.7 Å². The summed E-state index contributed by atoms with van der Waals surface area (Å²) < 4.78 is 29.7. The molecule has 29 heavy (non-hydrogen) atoms. The molecule has 1 heterocycles. The predicted octanol–water partition coefficient (Wildman–Crippen LogP) is 4.67. The van der Waals surface area contributed by atoms with Crippen molar-refractivity contribution < 1.29 is 8.42 Å². The molecule has 1 aliphatic heterocycles. The third kappa shape index (κ3) is 4.73. The van der Waals surface area contributed by atoms with Crippen LogP contribution in [0.25, 0.3) is 0 Å². The molecule has 0 aromatic heterocycles. The molecule has 3 atom stereocenters. The summed E-state index contributed by atoms with van der Waals surface area (Å²) in [6.45, 7) is 4.26. The molecule has 2 fully saturated rings. The van der Waals surface area contributed by atoms with Crippen molar-refractivity contribution in [3.63, 3.8) is 0 Å². The Kier molecular flexibility index (Phi) is 6.38. The zero-order chi connectivity index (χ0) is 20.3. The number of rotatable bonds is 6. The molecule has 0 amide bonds. The molecular weight excluding hydrogens is 380 g/mol. The second kappa shape index (κ2) is 8.99. The quantitative estimate of drug-likeness (QED) is 0.750. The number of sulfonamides is 1. The normalized spacial score (nSPS) is 24.4. The molecule has 1 aliphatic carbocycles. The summed E-state index contributed by atoms with van der Waals surface area (Å²) in [7, 11) is -3.59. The van der Waals surface area contributed by atoms with E-state index in [-0.39, 0.29) is 6.04 Å². The molecule has 1 N–H and O–H groups in total. The summed E-state index contributed by atoms with van der Waals surface area (Å²) in [5.41, 5.74) is 2.13. The molecule has 0 bridgehead atoms. The number of hydrogen-bond acceptors (Lipinski definition) is 3. The van der Waals surface area contributed by atoms with Gasteiger partial charge in [0.25, 0.3) is 0 Å². The molecule has 1 saturated carbocycles. The van der Waals surface area contributed by atoms with Crippen LogP contribution in [0.4, 0.5) is 0 Å². The minimum atomic E-state index is -3.59. The van der Waals surface area contributed by atoms with Gasteiger partial charge in [-0.1, -0.05) is 60.9 Å². The van der Waals surface area contributed by atoms with Crippen LogP contribution in [0.1, 0.15) is 55.7 Å². The summed E-state index contributed by atoms with van der Waals surface area (Å²) in [6.07, 6.45) is 7.16. The van der Waals surface area contributed by atoms with E-state index in [4.69, 9.17) is 0 Å². The van der Waals surface area contributed by atoms with Gasteiger partial charge in [0.15, 0.2) is 0 Å². The molecule has 156 valence electrons. The van der Waals surface area contributed by atoms with E-state index in [1.54, 1.807) is 12.1 Å². The van der Waals surface area contributed by atoms with E-state index in [1.165, 1.54) is 32.1 Å². The van der Waals surface area contributed by atoms with Gasteiger partial charge in [0.1, 0.15) is 0 Å². The maximum Gasteiger partial charge on any atom is 0.241 e. The average molecular weight is 413 g/mol. The van der Waals surface area contributed by atoms with Crippen molar-refractivity contribution in [1.29, 1.82) is 0 Å². The second-order valence-corrected chi connectivity index (χ2v) is 10.3. The monoisotopic (exact) mass is 412 g/mol. The molecule has 0 spiro atoms. The molecule has 2 aromatic rings. The van der Waals surface area contributed by atoms with Crippen LogP contribution in [0.15, 0.2) is 59.5 Å². The first-order valence-electron chi connectivity index (χ1n) is 10.9. The highest BCUT2D eigenvalue weighted by atomic mass is 32.2. The number of nitrogens with one attached hydrogen (secondary N) is 1. The van der Waals surface area contributed by atoms with E-state index in [0.717, 1.165) is 30.6 Å². The minimum Gasteiger partial charge on any atom is -0.300 e. The molecule has 1 saturated heterocycles. The van der Waals surface area contributed by atoms with Gasteiger partial charge in [-0.2, -0.15) is 0 Å². The highest BCUT2D eigenvalue weighted by Crippen LogP contribution is 2.39. The largest absolute Gasteiger partial charge is 0.300 e. The topological polar surface area (TPSA) is 49.4 Å². The van der Waals surface area contributed by atoms with E-state index in [2.05, 4.69) is 21.8 Å². The number of hydrogen-bond donors (Lipinski definition) is 1. The Morgan fingerprint density at radius 1 is 0.897 bits per heavy atom. The molecule has 0 unspecified atom stereocenters. The molecular formula is C24H32N2O2S. The Bertz CT molecular complexity index is 890. The molecule has 2 aromatic carbocycles. The summed E-state index contributed by atoms with van der Waals surface area (Å²) in [5.74, 6) is 0.296. The van der Waals surface area contributed by atoms with Gasteiger partial charge in [0.2, 0.25) is 10.0 Å². The van der Waals surface area contributed by atoms with Crippen LogP contribution in [-0.4, -0.2) is 32.4 Å². The molecule has 2 aliphatic rings. The van der Waals surface area contributed by atoms with E-state index in [9.17, 15) is 8.42 Å². The van der Waals surface area contributed by atoms with Gasteiger partial charge in [0, 0.05) is 6.04 Å². The van der Waals surface area contributed by atoms with Crippen LogP contribution in [0.2, 0.25) is 0 Å². The SMILES string of the molecule is Cc1ccc(S(=O)(=O)N[C@H](c2ccccc2)[C@H]2CCCC[C@@H]2N2CCCC2)cc1. The molecule has 4 nitrogen and oxygen atoms in total. The van der Waals surface area contributed by atoms with Gasteiger partial charge in [-0.3, -0.25) is 0 Å². The number of benzene rings is 2. The highest BCUT2D eigenvalue weighted by Gasteiger charge is 2.38. The lowest BCUT2D eigenvalue weighted by Gasteiger charge is -2.42. The molecule has 5 heteroatoms. The number of likely N-dealkylation sites (tertiary alicyclic amines) is 1. The maximum atomic E-state index is 13.3. The van der Waals surface area contributed by atoms with Crippen LogP contribution in [-0.2, 0) is 10.0 Å². The fraction of sp³-hybridized carbons (Fsp3) is 0.500. The lowest BCUT2D eigenvalue weighted by molar-refractivity contribution is 0.107. The third-order valence-electron chi connectivity index (χ3n) is 6.59. The van der Waals surface area contributed by atoms with E-state index >= 15 is 0 Å². The van der Waals surface area contributed by atoms with Crippen LogP contribution in [0.3, 0.4) is 0 Å². The Labute approximate surface area is 175 Å². The lowest BCUT2D eigenvalue weighted by atomic mass is 9.77. The average Bonchev–Trinajstić information content (AvgIpc) is 3.28. The maximum absolute atomic E-state index is 13.3. The van der Waals surface area contributed by atoms with Crippen molar-refractivity contribution in [2.75, 3.05) is 13.1 Å². The van der Waals surface area contributed by atoms with Gasteiger partial charge < -0.3 is 4.90 Å². The lowest BCUT2D eigenvalue weighted by Crippen LogP contribution is -2.47. The Balaban J connectivity index is 1.67. The first-order valence-corrected chi connectivity index (χ1v) is 12.4. The summed E-state index contributed by atoms with van der Waals surface area (Å²) in [4.78, 5) is 2.96. The van der Waals surface area contributed by atoms with Crippen LogP contribution < -0.4 is 4.72 Å². The summed E-state index contributed by atoms with van der Waals surface area (Å²) >= 11 is 0. The Morgan fingerprint density at radius 2 is 1.55 bits per heavy atom. The van der Waals surface area contributed by atoms with Crippen LogP contribution in [0.5, 0.6) is 0 Å². The van der Waals surface area contributed by atoms with Crippen LogP contribution in [0, 0.1) is 12.8 Å². The Hall–Kier alpha value is -1.69. The molecule has 4 rings (SSSR count). The van der Waals surface area contributed by atoms with Gasteiger partial charge in [-0.05, 0) is 69.3 Å². The molecule has 0 radical (unpaired) electrons. The van der Waals surface area contributed by atoms with Crippen molar-refractivity contribution in [1.82, 2.24) is 9.62 Å². The van der Waals surface area contributed by atoms with Crippen molar-refractivity contribution in [3.8, 4) is 0 Å². The first kappa shape index (κ1) is 20.6. The third-order valence-corrected chi connectivity index (χ3v) is 8.05. The standard InChI is InChI=1S/C24H32N2O2S/c1-19-13-15-21(16-14-19)29(27,28)25-24(20-9-3-2-4-10-20)22-11-5-6-12-23(22)26-17-7-8-18-26/h2-4,9-10,13-16,22-25H,5-8,11-12,17-18H2,1H3/t22-,23-,24+/m0/s1. The predicted molar refractivity (Wildman–Crippen MR) is 117 cm³/mol. The zero-order valence-electron chi connectivity index (χ0n) is 17.3. The second-order valence-electron chi connectivity index (χ2n) is 8.58. The fourth-order valence-corrected chi connectivity index (χ4v) is 6.35. The van der Waals surface area contributed by atoms with Crippen molar-refractivity contribution in [2.45, 2.75) is 62.4 Å². The van der Waals surface area contributed by atoms with Gasteiger partial charge in [-0.25, -0.2) is 13.1 Å². The fourth-order valence-electron chi connectivity index (χ4n) is 5.07. The smallest absolute Gasteiger partial charge is 0.241 e. The highest BCUT2D eigenvalue weighted by molar-refractivity contribution is 7.89. The minimum absolute atomic E-state index is 0.201. The summed E-state index contributed by atoms with van der Waals surface area (Å²) in [6, 6.07) is 17.5.